The van der Waals surface area contributed by atoms with E-state index < -0.39 is 12.1 Å². The van der Waals surface area contributed by atoms with Gasteiger partial charge in [0, 0.05) is 7.11 Å². The van der Waals surface area contributed by atoms with E-state index in [9.17, 15) is 0 Å². The summed E-state index contributed by atoms with van der Waals surface area (Å²) in [6.45, 7) is 4.81. The molecule has 0 aliphatic carbocycles. The van der Waals surface area contributed by atoms with Crippen LogP contribution in [0.1, 0.15) is 19.4 Å². The average Bonchev–Trinajstić information content (AvgIpc) is 2.94. The highest BCUT2D eigenvalue weighted by Gasteiger charge is 2.55. The molecule has 0 aromatic heterocycles. The lowest BCUT2D eigenvalue weighted by atomic mass is 10.1. The van der Waals surface area contributed by atoms with E-state index in [1.54, 1.807) is 7.11 Å². The van der Waals surface area contributed by atoms with Crippen molar-refractivity contribution in [2.24, 2.45) is 0 Å². The first-order valence-corrected chi connectivity index (χ1v) is 7.24. The molecule has 0 saturated carbocycles. The molecule has 2 heterocycles. The first-order valence-electron chi connectivity index (χ1n) is 7.24. The van der Waals surface area contributed by atoms with Gasteiger partial charge in [0.05, 0.1) is 13.2 Å². The van der Waals surface area contributed by atoms with Gasteiger partial charge in [-0.2, -0.15) is 0 Å². The summed E-state index contributed by atoms with van der Waals surface area (Å²) < 4.78 is 28.7. The van der Waals surface area contributed by atoms with E-state index in [0.717, 1.165) is 5.56 Å². The molecule has 1 aromatic carbocycles. The first kappa shape index (κ1) is 14.9. The molecule has 0 bridgehead atoms. The van der Waals surface area contributed by atoms with Crippen molar-refractivity contribution in [3.05, 3.63) is 35.9 Å². The molecule has 2 aliphatic rings. The summed E-state index contributed by atoms with van der Waals surface area (Å²) >= 11 is 0. The maximum atomic E-state index is 5.91. The topological polar surface area (TPSA) is 46.2 Å². The lowest BCUT2D eigenvalue weighted by Crippen LogP contribution is -2.32. The minimum atomic E-state index is -0.604. The molecule has 1 unspecified atom stereocenters. The third-order valence-electron chi connectivity index (χ3n) is 3.73. The van der Waals surface area contributed by atoms with Gasteiger partial charge in [-0.25, -0.2) is 0 Å². The highest BCUT2D eigenvalue weighted by atomic mass is 16.8. The van der Waals surface area contributed by atoms with Gasteiger partial charge in [-0.3, -0.25) is 0 Å². The summed E-state index contributed by atoms with van der Waals surface area (Å²) in [4.78, 5) is 0. The Kier molecular flexibility index (Phi) is 4.28. The van der Waals surface area contributed by atoms with Crippen molar-refractivity contribution in [2.75, 3.05) is 13.7 Å². The van der Waals surface area contributed by atoms with Gasteiger partial charge in [-0.15, -0.1) is 0 Å². The Hall–Kier alpha value is -0.980. The Morgan fingerprint density at radius 3 is 2.52 bits per heavy atom. The van der Waals surface area contributed by atoms with Crippen LogP contribution in [0.3, 0.4) is 0 Å². The fourth-order valence-electron chi connectivity index (χ4n) is 2.83. The van der Waals surface area contributed by atoms with E-state index in [1.807, 2.05) is 44.2 Å². The summed E-state index contributed by atoms with van der Waals surface area (Å²) in [5.74, 6) is -0.604. The zero-order chi connectivity index (χ0) is 14.9. The van der Waals surface area contributed by atoms with E-state index in [-0.39, 0.29) is 18.3 Å². The molecule has 1 aromatic rings. The van der Waals surface area contributed by atoms with Gasteiger partial charge < -0.3 is 23.7 Å². The van der Waals surface area contributed by atoms with Crippen LogP contribution in [0.5, 0.6) is 0 Å². The molecule has 5 nitrogen and oxygen atoms in total. The van der Waals surface area contributed by atoms with Gasteiger partial charge in [0.25, 0.3) is 0 Å². The predicted molar refractivity (Wildman–Crippen MR) is 75.6 cm³/mol. The smallest absolute Gasteiger partial charge is 0.186 e. The highest BCUT2D eigenvalue weighted by molar-refractivity contribution is 5.13. The van der Waals surface area contributed by atoms with Gasteiger partial charge in [0.1, 0.15) is 18.3 Å². The van der Waals surface area contributed by atoms with Gasteiger partial charge >= 0.3 is 0 Å². The fraction of sp³-hybridized carbons (Fsp3) is 0.625. The van der Waals surface area contributed by atoms with E-state index in [4.69, 9.17) is 23.7 Å². The molecular weight excluding hydrogens is 272 g/mol. The van der Waals surface area contributed by atoms with E-state index >= 15 is 0 Å². The van der Waals surface area contributed by atoms with Crippen molar-refractivity contribution in [3.8, 4) is 0 Å². The fourth-order valence-corrected chi connectivity index (χ4v) is 2.83. The van der Waals surface area contributed by atoms with Crippen molar-refractivity contribution in [1.29, 1.82) is 0 Å². The van der Waals surface area contributed by atoms with Crippen LogP contribution in [0.2, 0.25) is 0 Å². The van der Waals surface area contributed by atoms with Crippen molar-refractivity contribution in [2.45, 2.75) is 50.8 Å². The lowest BCUT2D eigenvalue weighted by molar-refractivity contribution is -0.232. The Balaban J connectivity index is 1.56. The van der Waals surface area contributed by atoms with Gasteiger partial charge in [-0.05, 0) is 19.4 Å². The summed E-state index contributed by atoms with van der Waals surface area (Å²) in [5.41, 5.74) is 1.14. The molecular formula is C16H22O5. The van der Waals surface area contributed by atoms with Gasteiger partial charge in [0.2, 0.25) is 0 Å². The standard InChI is InChI=1S/C16H22O5/c1-16(2)20-13-12(19-15(17-3)14(13)21-16)10-18-9-11-7-5-4-6-8-11/h4-8,12-15H,9-10H2,1-3H3/t12-,13-,14-,15?/m1/s1. The molecule has 3 rings (SSSR count). The lowest BCUT2D eigenvalue weighted by Gasteiger charge is -2.23. The van der Waals surface area contributed by atoms with Crippen LogP contribution in [-0.2, 0) is 30.3 Å². The van der Waals surface area contributed by atoms with Crippen LogP contribution >= 0.6 is 0 Å². The maximum Gasteiger partial charge on any atom is 0.186 e. The monoisotopic (exact) mass is 294 g/mol. The second-order valence-corrected chi connectivity index (χ2v) is 5.84. The second kappa shape index (κ2) is 6.02. The van der Waals surface area contributed by atoms with Crippen LogP contribution in [0.15, 0.2) is 30.3 Å². The molecule has 4 atom stereocenters. The minimum Gasteiger partial charge on any atom is -0.374 e. The molecule has 2 saturated heterocycles. The summed E-state index contributed by atoms with van der Waals surface area (Å²) in [6, 6.07) is 10.1. The van der Waals surface area contributed by atoms with Crippen LogP contribution < -0.4 is 0 Å². The van der Waals surface area contributed by atoms with E-state index in [0.29, 0.717) is 13.2 Å². The van der Waals surface area contributed by atoms with Crippen molar-refractivity contribution in [3.63, 3.8) is 0 Å². The second-order valence-electron chi connectivity index (χ2n) is 5.84. The van der Waals surface area contributed by atoms with Crippen LogP contribution in [0.25, 0.3) is 0 Å². The highest BCUT2D eigenvalue weighted by Crippen LogP contribution is 2.38. The summed E-state index contributed by atoms with van der Waals surface area (Å²) in [6.07, 6.45) is -0.927. The number of rotatable bonds is 5. The molecule has 5 heteroatoms. The molecule has 2 aliphatic heterocycles. The Morgan fingerprint density at radius 1 is 1.10 bits per heavy atom. The van der Waals surface area contributed by atoms with Crippen molar-refractivity contribution >= 4 is 0 Å². The van der Waals surface area contributed by atoms with E-state index in [2.05, 4.69) is 0 Å². The van der Waals surface area contributed by atoms with Crippen LogP contribution in [0.4, 0.5) is 0 Å². The molecule has 0 radical (unpaired) electrons. The molecule has 0 amide bonds. The Labute approximate surface area is 125 Å². The average molecular weight is 294 g/mol. The van der Waals surface area contributed by atoms with Gasteiger partial charge in [0.15, 0.2) is 12.1 Å². The zero-order valence-corrected chi connectivity index (χ0v) is 12.7. The maximum absolute atomic E-state index is 5.91. The summed E-state index contributed by atoms with van der Waals surface area (Å²) in [7, 11) is 1.61. The number of hydrogen-bond acceptors (Lipinski definition) is 5. The van der Waals surface area contributed by atoms with Crippen molar-refractivity contribution in [1.82, 2.24) is 0 Å². The van der Waals surface area contributed by atoms with Crippen LogP contribution in [0, 0.1) is 0 Å². The van der Waals surface area contributed by atoms with Crippen LogP contribution in [-0.4, -0.2) is 44.1 Å². The number of ether oxygens (including phenoxy) is 5. The number of fused-ring (bicyclic) bond motifs is 1. The number of methoxy groups -OCH3 is 1. The molecule has 0 N–H and O–H groups in total. The number of hydrogen-bond donors (Lipinski definition) is 0. The van der Waals surface area contributed by atoms with E-state index in [1.165, 1.54) is 0 Å². The molecule has 2 fully saturated rings. The van der Waals surface area contributed by atoms with Gasteiger partial charge in [-0.1, -0.05) is 30.3 Å². The SMILES string of the molecule is COC1O[C@H](COCc2ccccc2)[C@H]2OC(C)(C)O[C@@H]12. The molecule has 21 heavy (non-hydrogen) atoms. The Bertz CT molecular complexity index is 461. The van der Waals surface area contributed by atoms with Crippen molar-refractivity contribution < 1.29 is 23.7 Å². The third-order valence-corrected chi connectivity index (χ3v) is 3.73. The summed E-state index contributed by atoms with van der Waals surface area (Å²) in [5, 5.41) is 0. The molecule has 116 valence electrons. The minimum absolute atomic E-state index is 0.152. The molecule has 0 spiro atoms. The first-order chi connectivity index (χ1) is 10.1. The third kappa shape index (κ3) is 3.27. The largest absolute Gasteiger partial charge is 0.374 e. The normalized spacial score (nSPS) is 34.0. The Morgan fingerprint density at radius 2 is 1.81 bits per heavy atom. The predicted octanol–water partition coefficient (Wildman–Crippen LogP) is 2.09. The number of benzene rings is 1. The zero-order valence-electron chi connectivity index (χ0n) is 12.7. The quantitative estimate of drug-likeness (QED) is 0.832.